The molecule has 0 aromatic carbocycles. The summed E-state index contributed by atoms with van der Waals surface area (Å²) in [6.45, 7) is 0. The Bertz CT molecular complexity index is 206. The van der Waals surface area contributed by atoms with E-state index in [1.165, 1.54) is 19.3 Å². The maximum absolute atomic E-state index is 11.1. The van der Waals surface area contributed by atoms with Crippen molar-refractivity contribution in [2.24, 2.45) is 17.6 Å². The molecule has 11 heavy (non-hydrogen) atoms. The first-order chi connectivity index (χ1) is 5.13. The molecule has 2 bridgehead atoms. The predicted octanol–water partition coefficient (Wildman–Crippen LogP) is 1.43. The molecule has 2 N–H and O–H groups in total. The topological polar surface area (TPSA) is 43.1 Å². The summed E-state index contributed by atoms with van der Waals surface area (Å²) in [5.41, 5.74) is 5.33. The van der Waals surface area contributed by atoms with Crippen molar-refractivity contribution in [2.75, 3.05) is 0 Å². The third-order valence-electron chi connectivity index (χ3n) is 3.18. The zero-order valence-corrected chi connectivity index (χ0v) is 7.93. The van der Waals surface area contributed by atoms with Gasteiger partial charge in [0.15, 0.2) is 0 Å². The lowest BCUT2D eigenvalue weighted by molar-refractivity contribution is -0.121. The van der Waals surface area contributed by atoms with Gasteiger partial charge in [-0.1, -0.05) is 22.4 Å². The first kappa shape index (κ1) is 7.59. The molecule has 2 rings (SSSR count). The number of alkyl halides is 1. The molecule has 62 valence electrons. The van der Waals surface area contributed by atoms with Crippen LogP contribution < -0.4 is 5.73 Å². The number of carbonyl (C=O) groups is 1. The summed E-state index contributed by atoms with van der Waals surface area (Å²) in [5, 5.41) is 0. The Kier molecular flexibility index (Phi) is 1.53. The number of fused-ring (bicyclic) bond motifs is 2. The lowest BCUT2D eigenvalue weighted by Gasteiger charge is -2.28. The Morgan fingerprint density at radius 2 is 2.27 bits per heavy atom. The van der Waals surface area contributed by atoms with Crippen LogP contribution in [0.4, 0.5) is 0 Å². The molecule has 0 aliphatic heterocycles. The highest BCUT2D eigenvalue weighted by molar-refractivity contribution is 9.10. The van der Waals surface area contributed by atoms with Crippen LogP contribution in [-0.4, -0.2) is 10.2 Å². The maximum Gasteiger partial charge on any atom is 0.234 e. The van der Waals surface area contributed by atoms with E-state index in [4.69, 9.17) is 5.73 Å². The number of primary amides is 1. The van der Waals surface area contributed by atoms with Crippen molar-refractivity contribution in [3.05, 3.63) is 0 Å². The van der Waals surface area contributed by atoms with Crippen LogP contribution in [0, 0.1) is 11.8 Å². The van der Waals surface area contributed by atoms with Gasteiger partial charge in [-0.3, -0.25) is 4.79 Å². The second kappa shape index (κ2) is 2.22. The molecule has 0 unspecified atom stereocenters. The molecule has 0 radical (unpaired) electrons. The fourth-order valence-electron chi connectivity index (χ4n) is 2.56. The monoisotopic (exact) mass is 217 g/mol. The largest absolute Gasteiger partial charge is 0.368 e. The molecule has 2 fully saturated rings. The van der Waals surface area contributed by atoms with Gasteiger partial charge in [0.25, 0.3) is 0 Å². The molecule has 3 atom stereocenters. The zero-order chi connectivity index (χ0) is 8.06. The Balaban J connectivity index is 2.23. The molecule has 2 nitrogen and oxygen atoms in total. The van der Waals surface area contributed by atoms with Crippen LogP contribution in [0.15, 0.2) is 0 Å². The number of hydrogen-bond acceptors (Lipinski definition) is 1. The van der Waals surface area contributed by atoms with Gasteiger partial charge in [-0.05, 0) is 31.1 Å². The van der Waals surface area contributed by atoms with Crippen LogP contribution >= 0.6 is 15.9 Å². The molecular weight excluding hydrogens is 206 g/mol. The van der Waals surface area contributed by atoms with Crippen LogP contribution in [0.5, 0.6) is 0 Å². The van der Waals surface area contributed by atoms with E-state index < -0.39 is 0 Å². The van der Waals surface area contributed by atoms with Crippen LogP contribution in [-0.2, 0) is 4.79 Å². The Morgan fingerprint density at radius 3 is 2.55 bits per heavy atom. The number of carbonyl (C=O) groups excluding carboxylic acids is 1. The van der Waals surface area contributed by atoms with E-state index in [1.54, 1.807) is 0 Å². The molecule has 2 saturated carbocycles. The first-order valence-electron chi connectivity index (χ1n) is 4.12. The average Bonchev–Trinajstić information content (AvgIpc) is 2.45. The molecular formula is C8H12BrNO. The summed E-state index contributed by atoms with van der Waals surface area (Å²) in [4.78, 5) is 11.1. The van der Waals surface area contributed by atoms with Gasteiger partial charge in [0.1, 0.15) is 4.32 Å². The van der Waals surface area contributed by atoms with Crippen molar-refractivity contribution < 1.29 is 4.79 Å². The fourth-order valence-corrected chi connectivity index (χ4v) is 3.44. The molecule has 2 aliphatic rings. The predicted molar refractivity (Wildman–Crippen MR) is 46.3 cm³/mol. The van der Waals surface area contributed by atoms with Gasteiger partial charge in [0, 0.05) is 0 Å². The van der Waals surface area contributed by atoms with Crippen molar-refractivity contribution in [3.8, 4) is 0 Å². The van der Waals surface area contributed by atoms with Crippen molar-refractivity contribution in [2.45, 2.75) is 30.0 Å². The molecule has 0 saturated heterocycles. The first-order valence-corrected chi connectivity index (χ1v) is 4.91. The molecule has 0 heterocycles. The number of nitrogens with two attached hydrogens (primary N) is 1. The van der Waals surface area contributed by atoms with E-state index in [1.807, 2.05) is 0 Å². The summed E-state index contributed by atoms with van der Waals surface area (Å²) in [6, 6.07) is 0. The van der Waals surface area contributed by atoms with Gasteiger partial charge in [0.05, 0.1) is 0 Å². The number of hydrogen-bond donors (Lipinski definition) is 1. The summed E-state index contributed by atoms with van der Waals surface area (Å²) in [5.74, 6) is 1.11. The third-order valence-corrected chi connectivity index (χ3v) is 4.55. The molecule has 3 heteroatoms. The zero-order valence-electron chi connectivity index (χ0n) is 6.35. The van der Waals surface area contributed by atoms with Gasteiger partial charge >= 0.3 is 0 Å². The lowest BCUT2D eigenvalue weighted by atomic mass is 9.88. The Morgan fingerprint density at radius 1 is 1.55 bits per heavy atom. The molecule has 0 aromatic heterocycles. The van der Waals surface area contributed by atoms with Crippen molar-refractivity contribution in [3.63, 3.8) is 0 Å². The smallest absolute Gasteiger partial charge is 0.234 e. The normalized spacial score (nSPS) is 48.1. The highest BCUT2D eigenvalue weighted by atomic mass is 79.9. The van der Waals surface area contributed by atoms with E-state index in [-0.39, 0.29) is 10.2 Å². The van der Waals surface area contributed by atoms with Gasteiger partial charge < -0.3 is 5.73 Å². The van der Waals surface area contributed by atoms with Crippen LogP contribution in [0.1, 0.15) is 25.7 Å². The number of rotatable bonds is 1. The van der Waals surface area contributed by atoms with Crippen LogP contribution in [0.3, 0.4) is 0 Å². The summed E-state index contributed by atoms with van der Waals surface area (Å²) >= 11 is 3.49. The standard InChI is InChI=1S/C8H12BrNO/c9-8(7(10)11)4-5-1-2-6(8)3-5/h5-6H,1-4H2,(H2,10,11)/t5-,6+,8+/m0/s1. The van der Waals surface area contributed by atoms with Gasteiger partial charge in [-0.15, -0.1) is 0 Å². The second-order valence-electron chi connectivity index (χ2n) is 3.81. The molecule has 1 amide bonds. The fraction of sp³-hybridized carbons (Fsp3) is 0.875. The van der Waals surface area contributed by atoms with E-state index in [2.05, 4.69) is 15.9 Å². The summed E-state index contributed by atoms with van der Waals surface area (Å²) < 4.78 is -0.337. The Labute approximate surface area is 74.7 Å². The third kappa shape index (κ3) is 0.934. The minimum absolute atomic E-state index is 0.162. The second-order valence-corrected chi connectivity index (χ2v) is 5.22. The van der Waals surface area contributed by atoms with E-state index in [0.717, 1.165) is 12.3 Å². The molecule has 2 aliphatic carbocycles. The molecule has 0 aromatic rings. The van der Waals surface area contributed by atoms with E-state index >= 15 is 0 Å². The highest BCUT2D eigenvalue weighted by Gasteiger charge is 2.53. The number of amides is 1. The minimum atomic E-state index is -0.337. The summed E-state index contributed by atoms with van der Waals surface area (Å²) in [6.07, 6.45) is 4.64. The van der Waals surface area contributed by atoms with Gasteiger partial charge in [-0.25, -0.2) is 0 Å². The van der Waals surface area contributed by atoms with E-state index in [9.17, 15) is 4.79 Å². The lowest BCUT2D eigenvalue weighted by Crippen LogP contribution is -2.42. The molecule has 0 spiro atoms. The van der Waals surface area contributed by atoms with Crippen molar-refractivity contribution >= 4 is 21.8 Å². The average molecular weight is 218 g/mol. The van der Waals surface area contributed by atoms with Crippen molar-refractivity contribution in [1.29, 1.82) is 0 Å². The summed E-state index contributed by atoms with van der Waals surface area (Å²) in [7, 11) is 0. The van der Waals surface area contributed by atoms with Gasteiger partial charge in [0.2, 0.25) is 5.91 Å². The maximum atomic E-state index is 11.1. The quantitative estimate of drug-likeness (QED) is 0.664. The number of halogens is 1. The Hall–Kier alpha value is -0.0500. The SMILES string of the molecule is NC(=O)[C@@]1(Br)C[C@H]2CC[C@@H]1C2. The minimum Gasteiger partial charge on any atom is -0.368 e. The van der Waals surface area contributed by atoms with Crippen molar-refractivity contribution in [1.82, 2.24) is 0 Å². The van der Waals surface area contributed by atoms with E-state index in [0.29, 0.717) is 5.92 Å². The van der Waals surface area contributed by atoms with Crippen LogP contribution in [0.25, 0.3) is 0 Å². The highest BCUT2D eigenvalue weighted by Crippen LogP contribution is 2.54. The van der Waals surface area contributed by atoms with Crippen LogP contribution in [0.2, 0.25) is 0 Å². The van der Waals surface area contributed by atoms with Gasteiger partial charge in [-0.2, -0.15) is 0 Å².